The molecule has 2 aromatic rings. The van der Waals surface area contributed by atoms with Gasteiger partial charge < -0.3 is 4.43 Å². The second-order valence-corrected chi connectivity index (χ2v) is 8.29. The average Bonchev–Trinajstić information content (AvgIpc) is 2.82. The predicted octanol–water partition coefficient (Wildman–Crippen LogP) is 4.87. The summed E-state index contributed by atoms with van der Waals surface area (Å²) in [7, 11) is -0.755. The minimum absolute atomic E-state index is 0.106. The molecule has 0 amide bonds. The maximum absolute atomic E-state index is 5.95. The van der Waals surface area contributed by atoms with Gasteiger partial charge in [0.2, 0.25) is 0 Å². The second-order valence-electron chi connectivity index (χ2n) is 4.95. The van der Waals surface area contributed by atoms with Gasteiger partial charge in [-0.05, 0) is 45.1 Å². The first-order valence-corrected chi connectivity index (χ1v) is 9.95. The zero-order chi connectivity index (χ0) is 14.5. The number of para-hydroxylation sites is 1. The van der Waals surface area contributed by atoms with Gasteiger partial charge in [-0.2, -0.15) is 0 Å². The highest BCUT2D eigenvalue weighted by atomic mass is 32.1. The van der Waals surface area contributed by atoms with Crippen LogP contribution in [-0.4, -0.2) is 15.3 Å². The first kappa shape index (κ1) is 15.0. The van der Waals surface area contributed by atoms with Crippen LogP contribution in [0.5, 0.6) is 5.75 Å². The van der Waals surface area contributed by atoms with Crippen LogP contribution in [-0.2, 0) is 0 Å². The molecule has 0 saturated heterocycles. The standard InChI is InChI=1S/C16H20NOSSi/c1-12-9-10-14(19-12)11-17-13(2)15-7-5-6-8-16(15)18-20(3)4/h5-11,13H,1-4H3. The van der Waals surface area contributed by atoms with E-state index in [2.05, 4.69) is 50.1 Å². The van der Waals surface area contributed by atoms with Crippen LogP contribution in [0.3, 0.4) is 0 Å². The van der Waals surface area contributed by atoms with Gasteiger partial charge in [-0.15, -0.1) is 11.3 Å². The summed E-state index contributed by atoms with van der Waals surface area (Å²) >= 11 is 1.76. The van der Waals surface area contributed by atoms with Crippen LogP contribution in [0, 0.1) is 6.92 Å². The van der Waals surface area contributed by atoms with E-state index in [4.69, 9.17) is 4.43 Å². The van der Waals surface area contributed by atoms with Crippen LogP contribution in [0.1, 0.15) is 28.3 Å². The minimum Gasteiger partial charge on any atom is -0.542 e. The summed E-state index contributed by atoms with van der Waals surface area (Å²) in [5.74, 6) is 0.971. The van der Waals surface area contributed by atoms with E-state index in [0.717, 1.165) is 11.3 Å². The summed E-state index contributed by atoms with van der Waals surface area (Å²) in [6.45, 7) is 8.51. The lowest BCUT2D eigenvalue weighted by atomic mass is 10.1. The zero-order valence-corrected chi connectivity index (χ0v) is 14.2. The molecule has 20 heavy (non-hydrogen) atoms. The molecule has 1 radical (unpaired) electrons. The Morgan fingerprint density at radius 2 is 1.95 bits per heavy atom. The van der Waals surface area contributed by atoms with E-state index in [1.54, 1.807) is 11.3 Å². The Hall–Kier alpha value is -1.39. The molecular weight excluding hydrogens is 282 g/mol. The van der Waals surface area contributed by atoms with Gasteiger partial charge >= 0.3 is 0 Å². The Balaban J connectivity index is 2.16. The van der Waals surface area contributed by atoms with Crippen LogP contribution in [0.2, 0.25) is 13.1 Å². The van der Waals surface area contributed by atoms with Gasteiger partial charge in [0.15, 0.2) is 0 Å². The summed E-state index contributed by atoms with van der Waals surface area (Å²) in [4.78, 5) is 7.17. The Kier molecular flexibility index (Phi) is 5.15. The molecule has 0 fully saturated rings. The molecule has 1 unspecified atom stereocenters. The fourth-order valence-electron chi connectivity index (χ4n) is 1.93. The molecule has 1 heterocycles. The van der Waals surface area contributed by atoms with Crippen molar-refractivity contribution in [3.63, 3.8) is 0 Å². The van der Waals surface area contributed by atoms with E-state index in [1.165, 1.54) is 9.75 Å². The number of benzene rings is 1. The highest BCUT2D eigenvalue weighted by molar-refractivity contribution is 7.13. The highest BCUT2D eigenvalue weighted by Gasteiger charge is 2.11. The van der Waals surface area contributed by atoms with E-state index in [-0.39, 0.29) is 6.04 Å². The fraction of sp³-hybridized carbons (Fsp3) is 0.312. The quantitative estimate of drug-likeness (QED) is 0.570. The molecule has 0 spiro atoms. The van der Waals surface area contributed by atoms with Crippen molar-refractivity contribution < 1.29 is 4.43 Å². The molecule has 0 aliphatic heterocycles. The van der Waals surface area contributed by atoms with Gasteiger partial charge in [0.25, 0.3) is 9.04 Å². The third kappa shape index (κ3) is 4.05. The van der Waals surface area contributed by atoms with Crippen molar-refractivity contribution >= 4 is 26.6 Å². The summed E-state index contributed by atoms with van der Waals surface area (Å²) in [6.07, 6.45) is 1.96. The number of hydrogen-bond donors (Lipinski definition) is 0. The van der Waals surface area contributed by atoms with Crippen molar-refractivity contribution in [3.05, 3.63) is 51.7 Å². The molecule has 0 N–H and O–H groups in total. The summed E-state index contributed by atoms with van der Waals surface area (Å²) in [6, 6.07) is 12.5. The van der Waals surface area contributed by atoms with Gasteiger partial charge in [0.05, 0.1) is 6.04 Å². The van der Waals surface area contributed by atoms with Crippen molar-refractivity contribution in [1.82, 2.24) is 0 Å². The normalized spacial score (nSPS) is 13.1. The summed E-state index contributed by atoms with van der Waals surface area (Å²) in [5, 5.41) is 0. The van der Waals surface area contributed by atoms with Gasteiger partial charge in [-0.1, -0.05) is 18.2 Å². The highest BCUT2D eigenvalue weighted by Crippen LogP contribution is 2.28. The van der Waals surface area contributed by atoms with Crippen LogP contribution in [0.15, 0.2) is 41.4 Å². The van der Waals surface area contributed by atoms with E-state index >= 15 is 0 Å². The van der Waals surface area contributed by atoms with E-state index in [9.17, 15) is 0 Å². The number of aryl methyl sites for hydroxylation is 1. The molecule has 0 aliphatic rings. The summed E-state index contributed by atoms with van der Waals surface area (Å²) in [5.41, 5.74) is 1.16. The number of nitrogens with zero attached hydrogens (tertiary/aromatic N) is 1. The fourth-order valence-corrected chi connectivity index (χ4v) is 3.31. The molecular formula is C16H20NOSSi. The minimum atomic E-state index is -0.755. The lowest BCUT2D eigenvalue weighted by Gasteiger charge is -2.15. The average molecular weight is 302 g/mol. The molecule has 1 atom stereocenters. The summed E-state index contributed by atoms with van der Waals surface area (Å²) < 4.78 is 5.95. The number of rotatable bonds is 5. The van der Waals surface area contributed by atoms with Crippen molar-refractivity contribution in [2.24, 2.45) is 4.99 Å². The first-order valence-electron chi connectivity index (χ1n) is 6.73. The first-order chi connectivity index (χ1) is 9.56. The molecule has 1 aromatic heterocycles. The number of thiophene rings is 1. The van der Waals surface area contributed by atoms with E-state index < -0.39 is 9.04 Å². The second kappa shape index (κ2) is 6.86. The van der Waals surface area contributed by atoms with E-state index in [0.29, 0.717) is 0 Å². The lowest BCUT2D eigenvalue weighted by Crippen LogP contribution is -2.13. The van der Waals surface area contributed by atoms with Crippen LogP contribution >= 0.6 is 11.3 Å². The predicted molar refractivity (Wildman–Crippen MR) is 89.6 cm³/mol. The Morgan fingerprint density at radius 1 is 1.20 bits per heavy atom. The van der Waals surface area contributed by atoms with Crippen LogP contribution in [0.25, 0.3) is 0 Å². The van der Waals surface area contributed by atoms with E-state index in [1.807, 2.05) is 24.4 Å². The van der Waals surface area contributed by atoms with Gasteiger partial charge in [0, 0.05) is 21.5 Å². The smallest absolute Gasteiger partial charge is 0.274 e. The monoisotopic (exact) mass is 302 g/mol. The molecule has 2 rings (SSSR count). The Morgan fingerprint density at radius 3 is 2.60 bits per heavy atom. The van der Waals surface area contributed by atoms with Gasteiger partial charge in [0.1, 0.15) is 5.75 Å². The molecule has 0 bridgehead atoms. The Bertz CT molecular complexity index is 592. The Labute approximate surface area is 126 Å². The molecule has 1 aromatic carbocycles. The molecule has 2 nitrogen and oxygen atoms in total. The molecule has 0 saturated carbocycles. The third-order valence-corrected chi connectivity index (χ3v) is 4.43. The van der Waals surface area contributed by atoms with Crippen molar-refractivity contribution in [1.29, 1.82) is 0 Å². The van der Waals surface area contributed by atoms with Crippen LogP contribution in [0.4, 0.5) is 0 Å². The van der Waals surface area contributed by atoms with Crippen molar-refractivity contribution in [2.45, 2.75) is 33.0 Å². The molecule has 4 heteroatoms. The zero-order valence-electron chi connectivity index (χ0n) is 12.4. The van der Waals surface area contributed by atoms with Gasteiger partial charge in [-0.3, -0.25) is 4.99 Å². The van der Waals surface area contributed by atoms with Crippen LogP contribution < -0.4 is 4.43 Å². The maximum Gasteiger partial charge on any atom is 0.274 e. The topological polar surface area (TPSA) is 21.6 Å². The number of hydrogen-bond acceptors (Lipinski definition) is 3. The third-order valence-electron chi connectivity index (χ3n) is 2.87. The largest absolute Gasteiger partial charge is 0.542 e. The molecule has 105 valence electrons. The van der Waals surface area contributed by atoms with Crippen molar-refractivity contribution in [2.75, 3.05) is 0 Å². The van der Waals surface area contributed by atoms with Gasteiger partial charge in [-0.25, -0.2) is 0 Å². The lowest BCUT2D eigenvalue weighted by molar-refractivity contribution is 0.564. The van der Waals surface area contributed by atoms with Crippen molar-refractivity contribution in [3.8, 4) is 5.75 Å². The molecule has 0 aliphatic carbocycles. The number of aliphatic imine (C=N–C) groups is 1. The maximum atomic E-state index is 5.95. The SMILES string of the molecule is Cc1ccc(C=NC(C)c2ccccc2O[Si](C)C)s1.